The monoisotopic (exact) mass is 341 g/mol. The predicted molar refractivity (Wildman–Crippen MR) is 94.7 cm³/mol. The molecule has 0 aromatic heterocycles. The lowest BCUT2D eigenvalue weighted by atomic mass is 9.80. The second-order valence-electron chi connectivity index (χ2n) is 8.20. The van der Waals surface area contributed by atoms with Gasteiger partial charge in [-0.2, -0.15) is 0 Å². The summed E-state index contributed by atoms with van der Waals surface area (Å²) in [7, 11) is 1.39. The van der Waals surface area contributed by atoms with Crippen LogP contribution < -0.4 is 0 Å². The molecule has 0 aromatic rings. The topological polar surface area (TPSA) is 55.8 Å². The summed E-state index contributed by atoms with van der Waals surface area (Å²) in [5, 5.41) is 0. The quantitative estimate of drug-likeness (QED) is 0.682. The smallest absolute Gasteiger partial charge is 0.409 e. The zero-order valence-electron chi connectivity index (χ0n) is 16.4. The lowest BCUT2D eigenvalue weighted by Crippen LogP contribution is -2.48. The standard InChI is InChI=1S/C19H35NO4/c1-13(2)12-15(5)16(14(3)4)17(21)24-19(6)8-10-20(11-9-19)18(22)23-7/h13-16H,8-12H2,1-7H3. The number of hydrogen-bond donors (Lipinski definition) is 0. The van der Waals surface area contributed by atoms with E-state index in [4.69, 9.17) is 9.47 Å². The van der Waals surface area contributed by atoms with Crippen LogP contribution in [0.15, 0.2) is 0 Å². The van der Waals surface area contributed by atoms with E-state index in [9.17, 15) is 9.59 Å². The van der Waals surface area contributed by atoms with Crippen molar-refractivity contribution in [2.24, 2.45) is 23.7 Å². The lowest BCUT2D eigenvalue weighted by Gasteiger charge is -2.39. The number of esters is 1. The summed E-state index contributed by atoms with van der Waals surface area (Å²) in [6, 6.07) is 0. The largest absolute Gasteiger partial charge is 0.459 e. The molecule has 2 unspecified atom stereocenters. The maximum atomic E-state index is 12.8. The van der Waals surface area contributed by atoms with Crippen molar-refractivity contribution in [2.45, 2.75) is 66.4 Å². The maximum absolute atomic E-state index is 12.8. The number of carbonyl (C=O) groups excluding carboxylic acids is 2. The molecule has 0 saturated carbocycles. The van der Waals surface area contributed by atoms with Crippen LogP contribution in [-0.4, -0.2) is 42.8 Å². The molecule has 1 aliphatic rings. The molecule has 1 rings (SSSR count). The summed E-state index contributed by atoms with van der Waals surface area (Å²) in [4.78, 5) is 26.1. The Bertz CT molecular complexity index is 425. The van der Waals surface area contributed by atoms with Crippen LogP contribution in [0, 0.1) is 23.7 Å². The highest BCUT2D eigenvalue weighted by Crippen LogP contribution is 2.32. The van der Waals surface area contributed by atoms with Crippen LogP contribution in [-0.2, 0) is 14.3 Å². The van der Waals surface area contributed by atoms with Gasteiger partial charge in [0.05, 0.1) is 13.0 Å². The van der Waals surface area contributed by atoms with E-state index in [1.807, 2.05) is 6.92 Å². The minimum absolute atomic E-state index is 0.0807. The Morgan fingerprint density at radius 1 is 1.08 bits per heavy atom. The van der Waals surface area contributed by atoms with Gasteiger partial charge in [-0.15, -0.1) is 0 Å². The number of ether oxygens (including phenoxy) is 2. The Kier molecular flexibility index (Phi) is 7.56. The first-order valence-corrected chi connectivity index (χ1v) is 9.15. The summed E-state index contributed by atoms with van der Waals surface area (Å²) in [5.74, 6) is 0.948. The zero-order valence-corrected chi connectivity index (χ0v) is 16.4. The molecule has 1 aliphatic heterocycles. The van der Waals surface area contributed by atoms with Crippen molar-refractivity contribution in [3.8, 4) is 0 Å². The highest BCUT2D eigenvalue weighted by molar-refractivity contribution is 5.73. The van der Waals surface area contributed by atoms with Crippen molar-refractivity contribution in [1.29, 1.82) is 0 Å². The molecule has 0 aromatic carbocycles. The number of piperidine rings is 1. The van der Waals surface area contributed by atoms with E-state index in [0.29, 0.717) is 37.8 Å². The summed E-state index contributed by atoms with van der Waals surface area (Å²) in [6.07, 6.45) is 2.01. The third-order valence-corrected chi connectivity index (χ3v) is 5.05. The van der Waals surface area contributed by atoms with E-state index in [2.05, 4.69) is 34.6 Å². The molecule has 5 heteroatoms. The van der Waals surface area contributed by atoms with Gasteiger partial charge in [-0.05, 0) is 31.1 Å². The average Bonchev–Trinajstić information content (AvgIpc) is 2.45. The zero-order chi connectivity index (χ0) is 18.5. The molecular weight excluding hydrogens is 306 g/mol. The fraction of sp³-hybridized carbons (Fsp3) is 0.895. The van der Waals surface area contributed by atoms with Gasteiger partial charge >= 0.3 is 12.1 Å². The molecule has 1 saturated heterocycles. The Balaban J connectivity index is 2.68. The van der Waals surface area contributed by atoms with Gasteiger partial charge in [0, 0.05) is 25.9 Å². The van der Waals surface area contributed by atoms with Crippen molar-refractivity contribution < 1.29 is 19.1 Å². The Morgan fingerprint density at radius 2 is 1.62 bits per heavy atom. The minimum atomic E-state index is -0.494. The van der Waals surface area contributed by atoms with E-state index < -0.39 is 5.60 Å². The number of likely N-dealkylation sites (tertiary alicyclic amines) is 1. The van der Waals surface area contributed by atoms with E-state index in [0.717, 1.165) is 6.42 Å². The normalized spacial score (nSPS) is 20.0. The van der Waals surface area contributed by atoms with Gasteiger partial charge in [-0.25, -0.2) is 4.79 Å². The number of carbonyl (C=O) groups is 2. The molecule has 0 aliphatic carbocycles. The number of methoxy groups -OCH3 is 1. The molecule has 0 N–H and O–H groups in total. The predicted octanol–water partition coefficient (Wildman–Crippen LogP) is 4.10. The first-order chi connectivity index (χ1) is 11.1. The molecule has 1 heterocycles. The Labute approximate surface area is 147 Å². The van der Waals surface area contributed by atoms with Crippen molar-refractivity contribution in [2.75, 3.05) is 20.2 Å². The van der Waals surface area contributed by atoms with Crippen LogP contribution in [0.2, 0.25) is 0 Å². The Morgan fingerprint density at radius 3 is 2.04 bits per heavy atom. The summed E-state index contributed by atoms with van der Waals surface area (Å²) >= 11 is 0. The molecule has 24 heavy (non-hydrogen) atoms. The van der Waals surface area contributed by atoms with Gasteiger partial charge in [0.25, 0.3) is 0 Å². The molecule has 2 atom stereocenters. The highest BCUT2D eigenvalue weighted by Gasteiger charge is 2.39. The maximum Gasteiger partial charge on any atom is 0.409 e. The molecule has 1 fully saturated rings. The van der Waals surface area contributed by atoms with Crippen LogP contribution >= 0.6 is 0 Å². The molecule has 0 radical (unpaired) electrons. The molecule has 140 valence electrons. The van der Waals surface area contributed by atoms with E-state index >= 15 is 0 Å². The first kappa shape index (κ1) is 20.8. The lowest BCUT2D eigenvalue weighted by molar-refractivity contribution is -0.171. The molecule has 5 nitrogen and oxygen atoms in total. The second kappa shape index (κ2) is 8.72. The third kappa shape index (κ3) is 5.67. The van der Waals surface area contributed by atoms with Crippen molar-refractivity contribution in [1.82, 2.24) is 4.90 Å². The molecule has 0 bridgehead atoms. The van der Waals surface area contributed by atoms with Crippen LogP contribution in [0.4, 0.5) is 4.79 Å². The number of hydrogen-bond acceptors (Lipinski definition) is 4. The minimum Gasteiger partial charge on any atom is -0.459 e. The van der Waals surface area contributed by atoms with E-state index in [-0.39, 0.29) is 23.9 Å². The Hall–Kier alpha value is -1.26. The molecule has 1 amide bonds. The summed E-state index contributed by atoms with van der Waals surface area (Å²) in [5.41, 5.74) is -0.494. The summed E-state index contributed by atoms with van der Waals surface area (Å²) in [6.45, 7) is 13.8. The summed E-state index contributed by atoms with van der Waals surface area (Å²) < 4.78 is 10.7. The van der Waals surface area contributed by atoms with Crippen molar-refractivity contribution in [3.63, 3.8) is 0 Å². The number of rotatable bonds is 6. The van der Waals surface area contributed by atoms with Gasteiger partial charge < -0.3 is 14.4 Å². The fourth-order valence-electron chi connectivity index (χ4n) is 3.76. The van der Waals surface area contributed by atoms with Crippen LogP contribution in [0.5, 0.6) is 0 Å². The van der Waals surface area contributed by atoms with Gasteiger partial charge in [0.1, 0.15) is 5.60 Å². The molecule has 0 spiro atoms. The first-order valence-electron chi connectivity index (χ1n) is 9.15. The average molecular weight is 341 g/mol. The SMILES string of the molecule is COC(=O)N1CCC(C)(OC(=O)C(C(C)C)C(C)CC(C)C)CC1. The molecular formula is C19H35NO4. The van der Waals surface area contributed by atoms with Crippen LogP contribution in [0.3, 0.4) is 0 Å². The fourth-order valence-corrected chi connectivity index (χ4v) is 3.76. The van der Waals surface area contributed by atoms with Gasteiger partial charge in [0.15, 0.2) is 0 Å². The number of nitrogens with zero attached hydrogens (tertiary/aromatic N) is 1. The van der Waals surface area contributed by atoms with Crippen LogP contribution in [0.25, 0.3) is 0 Å². The van der Waals surface area contributed by atoms with Crippen molar-refractivity contribution in [3.05, 3.63) is 0 Å². The van der Waals surface area contributed by atoms with E-state index in [1.165, 1.54) is 7.11 Å². The highest BCUT2D eigenvalue weighted by atomic mass is 16.6. The number of amides is 1. The van der Waals surface area contributed by atoms with Crippen molar-refractivity contribution >= 4 is 12.1 Å². The van der Waals surface area contributed by atoms with Gasteiger partial charge in [-0.3, -0.25) is 4.79 Å². The second-order valence-corrected chi connectivity index (χ2v) is 8.20. The van der Waals surface area contributed by atoms with E-state index in [1.54, 1.807) is 4.90 Å². The van der Waals surface area contributed by atoms with Crippen LogP contribution in [0.1, 0.15) is 60.8 Å². The van der Waals surface area contributed by atoms with Gasteiger partial charge in [-0.1, -0.05) is 34.6 Å². The third-order valence-electron chi connectivity index (χ3n) is 5.05. The van der Waals surface area contributed by atoms with Gasteiger partial charge in [0.2, 0.25) is 0 Å².